The van der Waals surface area contributed by atoms with Crippen molar-refractivity contribution in [3.63, 3.8) is 0 Å². The zero-order valence-corrected chi connectivity index (χ0v) is 46.1. The molecule has 0 bridgehead atoms. The monoisotopic (exact) mass is 1080 g/mol. The Morgan fingerprint density at radius 2 is 0.640 bits per heavy atom. The molecule has 18 N–H and O–H groups in total. The van der Waals surface area contributed by atoms with Crippen LogP contribution < -0.4 is 45.3 Å². The topological polar surface area (TPSA) is 484 Å². The average molecular weight is 1080 g/mol. The Morgan fingerprint density at radius 1 is 0.440 bits per heavy atom. The van der Waals surface area contributed by atoms with Gasteiger partial charge in [-0.3, -0.25) is 29.2 Å². The van der Waals surface area contributed by atoms with Crippen LogP contribution in [0.3, 0.4) is 0 Å². The van der Waals surface area contributed by atoms with E-state index in [0.29, 0.717) is 90.1 Å². The van der Waals surface area contributed by atoms with Crippen LogP contribution in [-0.2, 0) is 38.1 Å². The Balaban J connectivity index is -0.000000424. The Morgan fingerprint density at radius 3 is 0.813 bits per heavy atom. The largest absolute Gasteiger partial charge is 0.428 e. The summed E-state index contributed by atoms with van der Waals surface area (Å²) in [4.78, 5) is 87.2. The molecule has 28 heteroatoms. The van der Waals surface area contributed by atoms with Gasteiger partial charge in [0.1, 0.15) is 0 Å². The summed E-state index contributed by atoms with van der Waals surface area (Å²) in [6.07, 6.45) is 6.44. The highest BCUT2D eigenvalue weighted by Crippen LogP contribution is 2.31. The van der Waals surface area contributed by atoms with Crippen molar-refractivity contribution in [2.75, 3.05) is 39.8 Å². The lowest BCUT2D eigenvalue weighted by molar-refractivity contribution is -0.525. The fourth-order valence-electron chi connectivity index (χ4n) is 7.36. The van der Waals surface area contributed by atoms with Crippen molar-refractivity contribution in [2.24, 2.45) is 99.7 Å². The highest BCUT2D eigenvalue weighted by atomic mass is 16.7. The van der Waals surface area contributed by atoms with Gasteiger partial charge in [0.05, 0.1) is 23.7 Å². The summed E-state index contributed by atoms with van der Waals surface area (Å²) in [5.74, 6) is -4.06. The van der Waals surface area contributed by atoms with Gasteiger partial charge in [0.15, 0.2) is 22.0 Å². The van der Waals surface area contributed by atoms with Gasteiger partial charge in [0.25, 0.3) is 11.9 Å². The summed E-state index contributed by atoms with van der Waals surface area (Å²) in [7, 11) is 0. The molecule has 0 saturated carbocycles. The summed E-state index contributed by atoms with van der Waals surface area (Å²) < 4.78 is 21.2. The molecule has 4 atom stereocenters. The maximum Gasteiger partial charge on any atom is 0.311 e. The number of nitrogens with one attached hydrogen (secondary N) is 2. The van der Waals surface area contributed by atoms with Gasteiger partial charge < -0.3 is 64.3 Å². The van der Waals surface area contributed by atoms with Crippen molar-refractivity contribution in [3.8, 4) is 0 Å². The smallest absolute Gasteiger partial charge is 0.311 e. The van der Waals surface area contributed by atoms with E-state index in [9.17, 15) is 39.4 Å². The molecule has 0 aromatic heterocycles. The molecule has 0 spiro atoms. The summed E-state index contributed by atoms with van der Waals surface area (Å²) in [5.41, 5.74) is 35.2. The van der Waals surface area contributed by atoms with Crippen LogP contribution in [0.2, 0.25) is 0 Å². The number of guanidine groups is 4. The first kappa shape index (κ1) is 77.6. The van der Waals surface area contributed by atoms with E-state index in [1.807, 2.05) is 41.5 Å². The van der Waals surface area contributed by atoms with Crippen LogP contribution in [0.4, 0.5) is 0 Å². The number of hydrogen-bond acceptors (Lipinski definition) is 16. The lowest BCUT2D eigenvalue weighted by Crippen LogP contribution is -2.36. The molecule has 75 heavy (non-hydrogen) atoms. The Labute approximate surface area is 444 Å². The van der Waals surface area contributed by atoms with E-state index in [0.717, 1.165) is 0 Å². The molecular weight excluding hydrogens is 985 g/mol. The molecule has 0 radical (unpaired) electrons. The number of aliphatic imine (C=N–C) groups is 4. The zero-order valence-electron chi connectivity index (χ0n) is 46.1. The van der Waals surface area contributed by atoms with E-state index in [2.05, 4.69) is 61.5 Å². The molecule has 0 fully saturated rings. The molecule has 0 aromatic rings. The van der Waals surface area contributed by atoms with E-state index >= 15 is 0 Å². The molecule has 4 unspecified atom stereocenters. The van der Waals surface area contributed by atoms with Crippen LogP contribution in [0.25, 0.3) is 0 Å². The number of esters is 4. The maximum absolute atomic E-state index is 12.8. The number of nitrogens with two attached hydrogens (primary N) is 6. The lowest BCUT2D eigenvalue weighted by atomic mass is 9.82. The third-order valence-electron chi connectivity index (χ3n) is 9.98. The van der Waals surface area contributed by atoms with Gasteiger partial charge in [0.2, 0.25) is 13.6 Å². The number of nitrogens with zero attached hydrogens (tertiary/aromatic N) is 6. The van der Waals surface area contributed by atoms with Crippen LogP contribution in [0.5, 0.6) is 0 Å². The molecule has 0 amide bonds. The quantitative estimate of drug-likeness (QED) is 0.00974. The van der Waals surface area contributed by atoms with Crippen LogP contribution in [-0.4, -0.2) is 108 Å². The minimum absolute atomic E-state index is 0. The summed E-state index contributed by atoms with van der Waals surface area (Å²) in [5, 5.41) is 19.1. The van der Waals surface area contributed by atoms with Crippen LogP contribution in [0.1, 0.15) is 168 Å². The number of hydrogen-bond donors (Lipinski definition) is 8. The summed E-state index contributed by atoms with van der Waals surface area (Å²) in [6.45, 7) is 24.5. The van der Waals surface area contributed by atoms with Crippen LogP contribution in [0.15, 0.2) is 20.0 Å². The van der Waals surface area contributed by atoms with E-state index in [-0.39, 0.29) is 101 Å². The first-order chi connectivity index (χ1) is 33.0. The number of ether oxygens (including phenoxy) is 4. The highest BCUT2D eigenvalue weighted by molar-refractivity contribution is 5.78. The number of carbonyl (C=O) groups is 4. The molecule has 0 heterocycles. The van der Waals surface area contributed by atoms with E-state index < -0.39 is 47.4 Å². The number of carbonyl (C=O) groups excluding carboxylic acids is 4. The molecule has 0 aromatic carbocycles. The molecule has 0 aliphatic carbocycles. The van der Waals surface area contributed by atoms with Crippen molar-refractivity contribution < 1.29 is 59.1 Å². The zero-order chi connectivity index (χ0) is 55.9. The van der Waals surface area contributed by atoms with E-state index in [1.165, 1.54) is 0 Å². The van der Waals surface area contributed by atoms with E-state index in [4.69, 9.17) is 53.3 Å². The predicted molar refractivity (Wildman–Crippen MR) is 290 cm³/mol. The van der Waals surface area contributed by atoms with Gasteiger partial charge >= 0.3 is 23.9 Å². The van der Waals surface area contributed by atoms with Gasteiger partial charge in [-0.1, -0.05) is 101 Å². The molecular formula is C47H98N14O14. The van der Waals surface area contributed by atoms with Crippen molar-refractivity contribution in [1.29, 1.82) is 0 Å². The van der Waals surface area contributed by atoms with Gasteiger partial charge in [-0.15, -0.1) is 0 Å². The Hall–Kier alpha value is -6.32. The summed E-state index contributed by atoms with van der Waals surface area (Å²) >= 11 is 0. The molecule has 28 nitrogen and oxygen atoms in total. The number of hydrazine groups is 2. The molecule has 0 saturated heterocycles. The number of rotatable bonds is 30. The van der Waals surface area contributed by atoms with Crippen molar-refractivity contribution in [2.45, 2.75) is 168 Å². The third kappa shape index (κ3) is 48.4. The fraction of sp³-hybridized carbons (Fsp3) is 0.830. The first-order valence-corrected chi connectivity index (χ1v) is 24.2. The van der Waals surface area contributed by atoms with Crippen LogP contribution in [0, 0.1) is 65.6 Å². The second kappa shape index (κ2) is 39.1. The minimum atomic E-state index is -0.813. The van der Waals surface area contributed by atoms with Crippen LogP contribution >= 0.6 is 0 Å². The summed E-state index contributed by atoms with van der Waals surface area (Å²) in [6, 6.07) is 0. The predicted octanol–water partition coefficient (Wildman–Crippen LogP) is 3.12. The Kier molecular flexibility index (Phi) is 40.5. The fourth-order valence-corrected chi connectivity index (χ4v) is 7.36. The van der Waals surface area contributed by atoms with Crippen molar-refractivity contribution in [1.82, 2.24) is 10.9 Å². The lowest BCUT2D eigenvalue weighted by Gasteiger charge is -2.26. The van der Waals surface area contributed by atoms with Crippen molar-refractivity contribution >= 4 is 47.7 Å². The van der Waals surface area contributed by atoms with Crippen molar-refractivity contribution in [3.05, 3.63) is 20.2 Å². The normalized spacial score (nSPS) is 13.3. The SMILES string of the molecule is C.CC(C)(C)CC(CCCN=C(N)N)C(=O)OCOC(=O)C(CCCN=C(N)N)CC(C)(C)C.CC(C)(C)CC(CCCN=C(N)N[N+](=O)[O-])C(=O)OCOC(=O)C(CCCN=C(N)N[N+](=O)[O-])CC(C)(C)C.O.O. The standard InChI is InChI=1S/C23H44N8O8.C23H46N6O4.CH4.2H2O/c1-22(2,3)13-16(9-7-11-26-20(24)28-30(34)35)18(32)38-15-39-19(33)17(14-23(4,5)6)10-8-12-27-21(25)29-31(36)37;1-22(2,3)13-16(9-7-11-28-20(24)25)18(30)32-15-33-19(31)17(14-23(4,5)6)10-8-12-29-21(26)27;;;/h16-17H,7-15H2,1-6H3,(H3,24,26,28)(H3,25,27,29);16-17H,7-15H2,1-6H3,(H4,24,25,28)(H4,26,27,29);1H4;2*1H2. The average Bonchev–Trinajstić information content (AvgIpc) is 3.20. The van der Waals surface area contributed by atoms with Gasteiger partial charge in [-0.25, -0.2) is 30.2 Å². The first-order valence-electron chi connectivity index (χ1n) is 24.2. The van der Waals surface area contributed by atoms with Gasteiger partial charge in [0, 0.05) is 26.2 Å². The highest BCUT2D eigenvalue weighted by Gasteiger charge is 2.30. The molecule has 0 aliphatic rings. The maximum atomic E-state index is 12.8. The minimum Gasteiger partial charge on any atom is -0.428 e. The Bertz CT molecular complexity index is 1670. The van der Waals surface area contributed by atoms with Gasteiger partial charge in [-0.2, -0.15) is 0 Å². The van der Waals surface area contributed by atoms with Gasteiger partial charge in [-0.05, 0) is 98.7 Å². The van der Waals surface area contributed by atoms with E-state index in [1.54, 1.807) is 10.9 Å². The molecule has 0 rings (SSSR count). The second-order valence-electron chi connectivity index (χ2n) is 22.4. The number of nitro groups is 2. The molecule has 0 aliphatic heterocycles. The second-order valence-corrected chi connectivity index (χ2v) is 22.4. The molecule has 440 valence electrons. The third-order valence-corrected chi connectivity index (χ3v) is 9.98.